The summed E-state index contributed by atoms with van der Waals surface area (Å²) in [4.78, 5) is 14.6. The van der Waals surface area contributed by atoms with Gasteiger partial charge in [0, 0.05) is 45.7 Å². The van der Waals surface area contributed by atoms with E-state index in [-0.39, 0.29) is 0 Å². The van der Waals surface area contributed by atoms with Crippen LogP contribution in [0.4, 0.5) is 0 Å². The summed E-state index contributed by atoms with van der Waals surface area (Å²) in [6.07, 6.45) is 4.30. The molecule has 1 saturated heterocycles. The molecule has 2 aromatic carbocycles. The number of ether oxygens (including phenoxy) is 4. The zero-order chi connectivity index (χ0) is 23.9. The van der Waals surface area contributed by atoms with Crippen LogP contribution in [-0.2, 0) is 18.3 Å². The number of aryl methyl sites for hydroxylation is 1. The van der Waals surface area contributed by atoms with Crippen LogP contribution in [0.25, 0.3) is 0 Å². The summed E-state index contributed by atoms with van der Waals surface area (Å²) < 4.78 is 24.4. The molecule has 2 aliphatic rings. The van der Waals surface area contributed by atoms with Gasteiger partial charge in [-0.3, -0.25) is 9.58 Å². The van der Waals surface area contributed by atoms with Crippen molar-refractivity contribution in [3.63, 3.8) is 0 Å². The van der Waals surface area contributed by atoms with Crippen molar-refractivity contribution in [2.45, 2.75) is 45.1 Å². The first kappa shape index (κ1) is 22.3. The number of nitrogens with zero attached hydrogens (tertiary/aromatic N) is 3. The van der Waals surface area contributed by atoms with Crippen LogP contribution in [0.3, 0.4) is 0 Å². The first-order valence-electron chi connectivity index (χ1n) is 11.5. The second-order valence-electron chi connectivity index (χ2n) is 9.19. The SMILES string of the molecule is COc1nn(C)cc1C1CCCN1Cc1ccc(Oc2ccc3c(c2)OC(C)(C)OC3=O)cc1. The van der Waals surface area contributed by atoms with E-state index in [1.54, 1.807) is 39.2 Å². The molecule has 3 aromatic rings. The predicted molar refractivity (Wildman–Crippen MR) is 125 cm³/mol. The summed E-state index contributed by atoms with van der Waals surface area (Å²) in [5.41, 5.74) is 2.75. The zero-order valence-electron chi connectivity index (χ0n) is 19.9. The third kappa shape index (κ3) is 4.46. The van der Waals surface area contributed by atoms with Gasteiger partial charge in [0.2, 0.25) is 11.7 Å². The minimum atomic E-state index is -1.00. The largest absolute Gasteiger partial charge is 0.480 e. The molecule has 5 rings (SSSR count). The zero-order valence-corrected chi connectivity index (χ0v) is 19.9. The third-order valence-electron chi connectivity index (χ3n) is 6.15. The molecule has 0 amide bonds. The Morgan fingerprint density at radius 3 is 2.65 bits per heavy atom. The molecule has 0 spiro atoms. The average molecular weight is 464 g/mol. The fourth-order valence-corrected chi connectivity index (χ4v) is 4.66. The van der Waals surface area contributed by atoms with Crippen LogP contribution in [0, 0.1) is 0 Å². The number of esters is 1. The van der Waals surface area contributed by atoms with Crippen LogP contribution in [0.15, 0.2) is 48.7 Å². The van der Waals surface area contributed by atoms with Crippen molar-refractivity contribution in [1.29, 1.82) is 0 Å². The van der Waals surface area contributed by atoms with E-state index in [2.05, 4.69) is 28.3 Å². The number of carbonyl (C=O) groups is 1. The van der Waals surface area contributed by atoms with Crippen LogP contribution < -0.4 is 14.2 Å². The van der Waals surface area contributed by atoms with Crippen molar-refractivity contribution in [2.75, 3.05) is 13.7 Å². The van der Waals surface area contributed by atoms with E-state index in [9.17, 15) is 4.79 Å². The Bertz CT molecular complexity index is 1200. The molecule has 1 fully saturated rings. The van der Waals surface area contributed by atoms with Gasteiger partial charge in [0.25, 0.3) is 0 Å². The Labute approximate surface area is 199 Å². The highest BCUT2D eigenvalue weighted by Gasteiger charge is 2.34. The minimum Gasteiger partial charge on any atom is -0.480 e. The van der Waals surface area contributed by atoms with Gasteiger partial charge in [-0.05, 0) is 49.2 Å². The number of likely N-dealkylation sites (tertiary alicyclic amines) is 1. The monoisotopic (exact) mass is 463 g/mol. The summed E-state index contributed by atoms with van der Waals surface area (Å²) in [7, 11) is 3.59. The van der Waals surface area contributed by atoms with Crippen LogP contribution in [0.2, 0.25) is 0 Å². The Morgan fingerprint density at radius 1 is 1.12 bits per heavy atom. The third-order valence-corrected chi connectivity index (χ3v) is 6.15. The van der Waals surface area contributed by atoms with E-state index in [0.29, 0.717) is 34.7 Å². The van der Waals surface area contributed by atoms with Crippen LogP contribution in [0.5, 0.6) is 23.1 Å². The number of cyclic esters (lactones) is 1. The van der Waals surface area contributed by atoms with Crippen LogP contribution in [0.1, 0.15) is 54.2 Å². The number of benzene rings is 2. The average Bonchev–Trinajstić information content (AvgIpc) is 3.39. The molecule has 0 bridgehead atoms. The van der Waals surface area contributed by atoms with Crippen molar-refractivity contribution >= 4 is 5.97 Å². The first-order chi connectivity index (χ1) is 16.3. The molecule has 0 saturated carbocycles. The Kier molecular flexibility index (Phi) is 5.69. The molecule has 34 heavy (non-hydrogen) atoms. The summed E-state index contributed by atoms with van der Waals surface area (Å²) >= 11 is 0. The maximum Gasteiger partial charge on any atom is 0.345 e. The van der Waals surface area contributed by atoms with Gasteiger partial charge in [-0.15, -0.1) is 5.10 Å². The normalized spacial score (nSPS) is 19.3. The van der Waals surface area contributed by atoms with Gasteiger partial charge in [0.05, 0.1) is 12.7 Å². The van der Waals surface area contributed by atoms with E-state index >= 15 is 0 Å². The van der Waals surface area contributed by atoms with E-state index < -0.39 is 11.8 Å². The van der Waals surface area contributed by atoms with E-state index in [4.69, 9.17) is 18.9 Å². The number of methoxy groups -OCH3 is 1. The van der Waals surface area contributed by atoms with Gasteiger partial charge in [0.15, 0.2) is 0 Å². The predicted octanol–water partition coefficient (Wildman–Crippen LogP) is 4.84. The summed E-state index contributed by atoms with van der Waals surface area (Å²) in [5, 5.41) is 4.42. The molecule has 1 aromatic heterocycles. The summed E-state index contributed by atoms with van der Waals surface area (Å²) in [6.45, 7) is 5.28. The highest BCUT2D eigenvalue weighted by atomic mass is 16.7. The smallest absolute Gasteiger partial charge is 0.345 e. The van der Waals surface area contributed by atoms with E-state index in [1.165, 1.54) is 5.56 Å². The van der Waals surface area contributed by atoms with Gasteiger partial charge >= 0.3 is 5.97 Å². The van der Waals surface area contributed by atoms with Crippen molar-refractivity contribution in [1.82, 2.24) is 14.7 Å². The van der Waals surface area contributed by atoms with Crippen LogP contribution >= 0.6 is 0 Å². The van der Waals surface area contributed by atoms with Crippen LogP contribution in [-0.4, -0.2) is 40.1 Å². The standard InChI is InChI=1S/C26H29N3O5/c1-26(2)33-23-14-19(11-12-20(23)25(30)34-26)32-18-9-7-17(8-10-18)15-29-13-5-6-22(29)21-16-28(3)27-24(21)31-4/h7-12,14,16,22H,5-6,13,15H2,1-4H3. The lowest BCUT2D eigenvalue weighted by Gasteiger charge is -2.31. The molecule has 178 valence electrons. The molecule has 3 heterocycles. The van der Waals surface area contributed by atoms with E-state index in [1.807, 2.05) is 23.9 Å². The topological polar surface area (TPSA) is 75.1 Å². The lowest BCUT2D eigenvalue weighted by Crippen LogP contribution is -2.38. The Balaban J connectivity index is 1.27. The first-order valence-corrected chi connectivity index (χ1v) is 11.5. The summed E-state index contributed by atoms with van der Waals surface area (Å²) in [5.74, 6) is 1.08. The highest BCUT2D eigenvalue weighted by molar-refractivity contribution is 5.93. The molecule has 2 aliphatic heterocycles. The molecule has 0 aliphatic carbocycles. The summed E-state index contributed by atoms with van der Waals surface area (Å²) in [6, 6.07) is 13.5. The lowest BCUT2D eigenvalue weighted by atomic mass is 10.1. The van der Waals surface area contributed by atoms with Crippen molar-refractivity contribution < 1.29 is 23.7 Å². The molecule has 8 nitrogen and oxygen atoms in total. The number of carbonyl (C=O) groups excluding carboxylic acids is 1. The number of hydrogen-bond acceptors (Lipinski definition) is 7. The molecule has 8 heteroatoms. The van der Waals surface area contributed by atoms with Gasteiger partial charge in [0.1, 0.15) is 22.8 Å². The number of hydrogen-bond donors (Lipinski definition) is 0. The van der Waals surface area contributed by atoms with E-state index in [0.717, 1.165) is 31.5 Å². The minimum absolute atomic E-state index is 0.297. The molecule has 1 atom stereocenters. The lowest BCUT2D eigenvalue weighted by molar-refractivity contribution is -0.127. The molecule has 0 N–H and O–H groups in total. The molecule has 0 radical (unpaired) electrons. The van der Waals surface area contributed by atoms with Crippen molar-refractivity contribution in [2.24, 2.45) is 7.05 Å². The Hall–Kier alpha value is -3.52. The van der Waals surface area contributed by atoms with Gasteiger partial charge in [-0.25, -0.2) is 4.79 Å². The maximum absolute atomic E-state index is 12.1. The molecular formula is C26H29N3O5. The van der Waals surface area contributed by atoms with Crippen molar-refractivity contribution in [3.05, 3.63) is 65.4 Å². The number of aromatic nitrogens is 2. The number of fused-ring (bicyclic) bond motifs is 1. The van der Waals surface area contributed by atoms with Gasteiger partial charge in [-0.1, -0.05) is 12.1 Å². The fraction of sp³-hybridized carbons (Fsp3) is 0.385. The van der Waals surface area contributed by atoms with Gasteiger partial charge < -0.3 is 18.9 Å². The second kappa shape index (κ2) is 8.68. The second-order valence-corrected chi connectivity index (χ2v) is 9.19. The molecular weight excluding hydrogens is 434 g/mol. The Morgan fingerprint density at radius 2 is 1.88 bits per heavy atom. The fourth-order valence-electron chi connectivity index (χ4n) is 4.66. The molecule has 1 unspecified atom stereocenters. The maximum atomic E-state index is 12.1. The quantitative estimate of drug-likeness (QED) is 0.484. The van der Waals surface area contributed by atoms with Crippen molar-refractivity contribution in [3.8, 4) is 23.1 Å². The number of rotatable bonds is 6. The highest BCUT2D eigenvalue weighted by Crippen LogP contribution is 2.38. The van der Waals surface area contributed by atoms with Gasteiger partial charge in [-0.2, -0.15) is 0 Å².